The molecule has 5 aliphatic carbocycles. The fraction of sp³-hybridized carbons (Fsp3) is 0.931. The number of carbonyl (C=O) groups is 2. The van der Waals surface area contributed by atoms with Gasteiger partial charge in [0, 0.05) is 95.8 Å². The molecule has 1 heterocycles. The van der Waals surface area contributed by atoms with Gasteiger partial charge in [-0.15, -0.1) is 0 Å². The van der Waals surface area contributed by atoms with Crippen molar-refractivity contribution in [3.8, 4) is 0 Å². The lowest BCUT2D eigenvalue weighted by Crippen LogP contribution is -2.76. The lowest BCUT2D eigenvalue weighted by molar-refractivity contribution is -0.282. The molecule has 38 heavy (non-hydrogen) atoms. The summed E-state index contributed by atoms with van der Waals surface area (Å²) in [6.45, 7) is 7.64. The zero-order valence-corrected chi connectivity index (χ0v) is 23.9. The van der Waals surface area contributed by atoms with Crippen LogP contribution in [0.1, 0.15) is 46.5 Å². The second-order valence-corrected chi connectivity index (χ2v) is 12.9. The minimum atomic E-state index is -0.666. The molecule has 1 spiro atoms. The average Bonchev–Trinajstić information content (AvgIpc) is 3.28. The molecule has 13 atom stereocenters. The van der Waals surface area contributed by atoms with Crippen LogP contribution in [0, 0.1) is 40.4 Å². The number of methoxy groups -OCH3 is 4. The van der Waals surface area contributed by atoms with Gasteiger partial charge in [0.1, 0.15) is 12.2 Å². The third-order valence-corrected chi connectivity index (χ3v) is 12.0. The quantitative estimate of drug-likeness (QED) is 0.434. The summed E-state index contributed by atoms with van der Waals surface area (Å²) in [7, 11) is 7.16. The summed E-state index contributed by atoms with van der Waals surface area (Å²) in [6.07, 6.45) is 2.68. The van der Waals surface area contributed by atoms with Gasteiger partial charge < -0.3 is 28.4 Å². The number of fused-ring (bicyclic) bond motifs is 2. The molecule has 1 saturated heterocycles. The first-order valence-corrected chi connectivity index (χ1v) is 14.4. The first-order chi connectivity index (χ1) is 18.2. The number of piperidine rings is 1. The number of likely N-dealkylation sites (tertiary alicyclic amines) is 1. The summed E-state index contributed by atoms with van der Waals surface area (Å²) in [5.41, 5.74) is -1.12. The van der Waals surface area contributed by atoms with E-state index < -0.39 is 5.60 Å². The molecule has 6 rings (SSSR count). The second kappa shape index (κ2) is 9.13. The number of hydrogen-bond donors (Lipinski definition) is 0. The van der Waals surface area contributed by atoms with E-state index in [0.717, 1.165) is 32.4 Å². The van der Waals surface area contributed by atoms with Crippen LogP contribution in [-0.2, 0) is 38.0 Å². The molecule has 5 saturated carbocycles. The highest BCUT2D eigenvalue weighted by Crippen LogP contribution is 2.80. The first kappa shape index (κ1) is 26.9. The van der Waals surface area contributed by atoms with Crippen molar-refractivity contribution in [3.05, 3.63) is 0 Å². The van der Waals surface area contributed by atoms with Gasteiger partial charge in [0.05, 0.1) is 24.4 Å². The van der Waals surface area contributed by atoms with Crippen LogP contribution in [0.5, 0.6) is 0 Å². The first-order valence-electron chi connectivity index (χ1n) is 14.4. The Morgan fingerprint density at radius 2 is 1.68 bits per heavy atom. The van der Waals surface area contributed by atoms with Gasteiger partial charge >= 0.3 is 11.9 Å². The van der Waals surface area contributed by atoms with E-state index in [1.54, 1.807) is 21.3 Å². The van der Waals surface area contributed by atoms with Gasteiger partial charge in [-0.1, -0.05) is 6.92 Å². The van der Waals surface area contributed by atoms with Crippen molar-refractivity contribution in [2.45, 2.75) is 82.5 Å². The van der Waals surface area contributed by atoms with Gasteiger partial charge in [0.2, 0.25) is 0 Å². The molecule has 6 aliphatic rings. The van der Waals surface area contributed by atoms with Gasteiger partial charge in [0.15, 0.2) is 0 Å². The smallest absolute Gasteiger partial charge is 0.302 e. The van der Waals surface area contributed by atoms with Crippen LogP contribution < -0.4 is 0 Å². The highest BCUT2D eigenvalue weighted by molar-refractivity contribution is 5.67. The standard InChI is InChI=1S/C29H45NO8/c1-8-30-13-27(14-33-4)10-9-20(35-6)29-18-11-17-19(34-5)12-28(36-7,21(18)23(17)37-15(2)31)22(26(29)30)24(25(27)29)38-16(3)32/h17-26H,8-14H2,1-7H3/t17-,18?,19+,20+,21?,22+,23+,24-,25-,26?,27+,28-,29+/m1/s1. The summed E-state index contributed by atoms with van der Waals surface area (Å²) in [6, 6.07) is 0.116. The maximum Gasteiger partial charge on any atom is 0.302 e. The summed E-state index contributed by atoms with van der Waals surface area (Å²) in [4.78, 5) is 27.9. The van der Waals surface area contributed by atoms with Gasteiger partial charge in [0.25, 0.3) is 0 Å². The van der Waals surface area contributed by atoms with Crippen molar-refractivity contribution < 1.29 is 38.0 Å². The number of nitrogens with zero attached hydrogens (tertiary/aromatic N) is 1. The van der Waals surface area contributed by atoms with Crippen molar-refractivity contribution >= 4 is 11.9 Å². The predicted molar refractivity (Wildman–Crippen MR) is 136 cm³/mol. The molecule has 3 unspecified atom stereocenters. The molecular formula is C29H45NO8. The maximum absolute atomic E-state index is 12.8. The Hall–Kier alpha value is -1.26. The van der Waals surface area contributed by atoms with Gasteiger partial charge in [-0.3, -0.25) is 14.5 Å². The van der Waals surface area contributed by atoms with Crippen LogP contribution in [0.15, 0.2) is 0 Å². The van der Waals surface area contributed by atoms with E-state index in [1.165, 1.54) is 13.8 Å². The molecule has 1 aliphatic heterocycles. The summed E-state index contributed by atoms with van der Waals surface area (Å²) < 4.78 is 37.9. The van der Waals surface area contributed by atoms with E-state index in [-0.39, 0.29) is 82.8 Å². The van der Waals surface area contributed by atoms with Crippen molar-refractivity contribution in [2.75, 3.05) is 48.1 Å². The molecule has 0 aromatic heterocycles. The van der Waals surface area contributed by atoms with Crippen molar-refractivity contribution in [3.63, 3.8) is 0 Å². The van der Waals surface area contributed by atoms with Crippen molar-refractivity contribution in [2.24, 2.45) is 40.4 Å². The number of rotatable bonds is 8. The molecular weight excluding hydrogens is 490 g/mol. The number of carbonyl (C=O) groups excluding carboxylic acids is 2. The Labute approximate surface area is 226 Å². The van der Waals surface area contributed by atoms with Crippen LogP contribution in [0.25, 0.3) is 0 Å². The van der Waals surface area contributed by atoms with Gasteiger partial charge in [-0.25, -0.2) is 0 Å². The molecule has 0 aromatic rings. The van der Waals surface area contributed by atoms with Crippen molar-refractivity contribution in [1.29, 1.82) is 0 Å². The minimum Gasteiger partial charge on any atom is -0.462 e. The fourth-order valence-corrected chi connectivity index (χ4v) is 11.7. The highest BCUT2D eigenvalue weighted by Gasteiger charge is 2.87. The fourth-order valence-electron chi connectivity index (χ4n) is 11.7. The molecule has 0 amide bonds. The topological polar surface area (TPSA) is 92.8 Å². The third-order valence-electron chi connectivity index (χ3n) is 12.0. The van der Waals surface area contributed by atoms with Crippen LogP contribution in [0.3, 0.4) is 0 Å². The van der Waals surface area contributed by atoms with Gasteiger partial charge in [-0.05, 0) is 31.7 Å². The van der Waals surface area contributed by atoms with Crippen LogP contribution in [0.2, 0.25) is 0 Å². The summed E-state index contributed by atoms with van der Waals surface area (Å²) in [5, 5.41) is 0. The third kappa shape index (κ3) is 3.06. The Balaban J connectivity index is 1.65. The highest BCUT2D eigenvalue weighted by atomic mass is 16.6. The maximum atomic E-state index is 12.8. The lowest BCUT2D eigenvalue weighted by Gasteiger charge is -2.69. The second-order valence-electron chi connectivity index (χ2n) is 12.9. The number of hydrogen-bond acceptors (Lipinski definition) is 9. The normalized spacial score (nSPS) is 52.1. The Bertz CT molecular complexity index is 976. The average molecular weight is 536 g/mol. The Morgan fingerprint density at radius 1 is 0.974 bits per heavy atom. The van der Waals surface area contributed by atoms with E-state index in [9.17, 15) is 9.59 Å². The Kier molecular flexibility index (Phi) is 6.47. The van der Waals surface area contributed by atoms with Crippen molar-refractivity contribution in [1.82, 2.24) is 4.90 Å². The number of esters is 2. The van der Waals surface area contributed by atoms with E-state index in [1.807, 2.05) is 7.11 Å². The molecule has 214 valence electrons. The molecule has 7 bridgehead atoms. The molecule has 9 nitrogen and oxygen atoms in total. The summed E-state index contributed by atoms with van der Waals surface area (Å²) in [5.74, 6) is -0.343. The zero-order valence-electron chi connectivity index (χ0n) is 23.9. The predicted octanol–water partition coefficient (Wildman–Crippen LogP) is 2.30. The molecule has 9 heteroatoms. The van der Waals surface area contributed by atoms with E-state index in [2.05, 4.69) is 11.8 Å². The summed E-state index contributed by atoms with van der Waals surface area (Å²) >= 11 is 0. The van der Waals surface area contributed by atoms with Gasteiger partial charge in [-0.2, -0.15) is 0 Å². The minimum absolute atomic E-state index is 0.00179. The monoisotopic (exact) mass is 535 g/mol. The molecule has 0 aromatic carbocycles. The largest absolute Gasteiger partial charge is 0.462 e. The van der Waals surface area contributed by atoms with E-state index in [0.29, 0.717) is 13.0 Å². The SMILES string of the molecule is CCN1C[C@]2(COC)CC[C@H](OC)[C@]34C5C[C@@H]6[C@@H](OC)C[C@@](OC)(C5[C@H]6OC(C)=O)[C@H](C13)[C@@H](OC(C)=O)[C@H]24. The molecule has 0 N–H and O–H groups in total. The zero-order chi connectivity index (χ0) is 27.2. The van der Waals surface area contributed by atoms with Crippen LogP contribution in [0.4, 0.5) is 0 Å². The van der Waals surface area contributed by atoms with E-state index >= 15 is 0 Å². The van der Waals surface area contributed by atoms with Crippen LogP contribution in [-0.4, -0.2) is 101 Å². The lowest BCUT2D eigenvalue weighted by atomic mass is 9.43. The molecule has 6 fully saturated rings. The number of ether oxygens (including phenoxy) is 6. The van der Waals surface area contributed by atoms with Crippen LogP contribution >= 0.6 is 0 Å². The molecule has 0 radical (unpaired) electrons. The Morgan fingerprint density at radius 3 is 2.26 bits per heavy atom. The van der Waals surface area contributed by atoms with E-state index in [4.69, 9.17) is 28.4 Å².